The summed E-state index contributed by atoms with van der Waals surface area (Å²) in [7, 11) is 0. The van der Waals surface area contributed by atoms with Gasteiger partial charge in [-0.15, -0.1) is 0 Å². The number of Topliss-reactive ketones (excluding diaryl/α,β-unsaturated/α-hetero) is 1. The van der Waals surface area contributed by atoms with E-state index < -0.39 is 5.97 Å². The number of carbonyl (C=O) groups is 2. The number of nitrogens with zero attached hydrogens (tertiary/aromatic N) is 3. The Hall–Kier alpha value is -2.28. The second kappa shape index (κ2) is 7.49. The van der Waals surface area contributed by atoms with Crippen molar-refractivity contribution in [2.75, 3.05) is 12.4 Å². The molecule has 0 spiro atoms. The molecule has 7 heteroatoms. The van der Waals surface area contributed by atoms with Crippen molar-refractivity contribution in [2.45, 2.75) is 12.1 Å². The number of ether oxygens (including phenoxy) is 1. The fraction of sp³-hybridized carbons (Fsp3) is 0.214. The van der Waals surface area contributed by atoms with Gasteiger partial charge in [0.25, 0.3) is 0 Å². The van der Waals surface area contributed by atoms with E-state index in [2.05, 4.69) is 15.0 Å². The van der Waals surface area contributed by atoms with E-state index in [9.17, 15) is 9.59 Å². The van der Waals surface area contributed by atoms with Crippen LogP contribution in [0.4, 0.5) is 0 Å². The van der Waals surface area contributed by atoms with Gasteiger partial charge in [-0.1, -0.05) is 17.8 Å². The van der Waals surface area contributed by atoms with Crippen molar-refractivity contribution in [1.82, 2.24) is 15.0 Å². The molecule has 0 N–H and O–H groups in total. The Labute approximate surface area is 126 Å². The molecule has 2 aromatic rings. The molecule has 0 aliphatic rings. The molecule has 21 heavy (non-hydrogen) atoms. The standard InChI is InChI=1S/C14H13N3O3S/c1-10(18)8-20-13(19)9-21-14-16-7-5-12(17-14)11-4-2-3-6-15-11/h2-7H,8-9H2,1H3. The zero-order valence-corrected chi connectivity index (χ0v) is 12.2. The second-order valence-electron chi connectivity index (χ2n) is 4.09. The van der Waals surface area contributed by atoms with Gasteiger partial charge in [0.2, 0.25) is 0 Å². The minimum Gasteiger partial charge on any atom is -0.457 e. The molecule has 2 heterocycles. The number of hydrogen-bond acceptors (Lipinski definition) is 7. The van der Waals surface area contributed by atoms with Crippen LogP contribution >= 0.6 is 11.8 Å². The molecule has 2 aromatic heterocycles. The zero-order valence-electron chi connectivity index (χ0n) is 11.4. The third-order valence-electron chi connectivity index (χ3n) is 2.32. The van der Waals surface area contributed by atoms with E-state index in [1.807, 2.05) is 18.2 Å². The molecular weight excluding hydrogens is 290 g/mol. The van der Waals surface area contributed by atoms with Gasteiger partial charge in [-0.05, 0) is 25.1 Å². The van der Waals surface area contributed by atoms with E-state index in [0.29, 0.717) is 10.9 Å². The molecule has 0 aliphatic heterocycles. The number of esters is 1. The SMILES string of the molecule is CC(=O)COC(=O)CSc1nccc(-c2ccccn2)n1. The zero-order chi connectivity index (χ0) is 15.1. The molecule has 0 fully saturated rings. The molecule has 0 radical (unpaired) electrons. The molecule has 0 aromatic carbocycles. The average molecular weight is 303 g/mol. The first-order chi connectivity index (χ1) is 10.1. The normalized spacial score (nSPS) is 10.1. The smallest absolute Gasteiger partial charge is 0.316 e. The Morgan fingerprint density at radius 2 is 2.00 bits per heavy atom. The molecular formula is C14H13N3O3S. The topological polar surface area (TPSA) is 82.0 Å². The van der Waals surface area contributed by atoms with Crippen molar-refractivity contribution >= 4 is 23.5 Å². The maximum absolute atomic E-state index is 11.4. The number of aromatic nitrogens is 3. The van der Waals surface area contributed by atoms with Gasteiger partial charge < -0.3 is 4.74 Å². The minimum absolute atomic E-state index is 0.0545. The van der Waals surface area contributed by atoms with E-state index in [1.165, 1.54) is 6.92 Å². The Bertz CT molecular complexity index is 634. The van der Waals surface area contributed by atoms with Crippen LogP contribution in [0.25, 0.3) is 11.4 Å². The lowest BCUT2D eigenvalue weighted by atomic mass is 10.3. The monoisotopic (exact) mass is 303 g/mol. The van der Waals surface area contributed by atoms with Crippen molar-refractivity contribution in [2.24, 2.45) is 0 Å². The predicted molar refractivity (Wildman–Crippen MR) is 77.6 cm³/mol. The first-order valence-corrected chi connectivity index (χ1v) is 7.16. The Balaban J connectivity index is 1.96. The number of hydrogen-bond donors (Lipinski definition) is 0. The summed E-state index contributed by atoms with van der Waals surface area (Å²) < 4.78 is 4.76. The Kier molecular flexibility index (Phi) is 5.39. The van der Waals surface area contributed by atoms with Crippen LogP contribution in [0.15, 0.2) is 41.8 Å². The van der Waals surface area contributed by atoms with Crippen molar-refractivity contribution < 1.29 is 14.3 Å². The predicted octanol–water partition coefficient (Wildman–Crippen LogP) is 1.76. The highest BCUT2D eigenvalue weighted by atomic mass is 32.2. The lowest BCUT2D eigenvalue weighted by Gasteiger charge is -2.03. The molecule has 0 saturated carbocycles. The summed E-state index contributed by atoms with van der Waals surface area (Å²) in [6.45, 7) is 1.16. The van der Waals surface area contributed by atoms with Gasteiger partial charge >= 0.3 is 5.97 Å². The summed E-state index contributed by atoms with van der Waals surface area (Å²) in [5.41, 5.74) is 1.42. The van der Waals surface area contributed by atoms with Crippen LogP contribution < -0.4 is 0 Å². The quantitative estimate of drug-likeness (QED) is 0.457. The van der Waals surface area contributed by atoms with Gasteiger partial charge in [0.15, 0.2) is 10.9 Å². The lowest BCUT2D eigenvalue weighted by Crippen LogP contribution is -2.13. The molecule has 0 unspecified atom stereocenters. The maximum Gasteiger partial charge on any atom is 0.316 e. The summed E-state index contributed by atoms with van der Waals surface area (Å²) in [5, 5.41) is 0.456. The van der Waals surface area contributed by atoms with E-state index >= 15 is 0 Å². The molecule has 6 nitrogen and oxygen atoms in total. The maximum atomic E-state index is 11.4. The van der Waals surface area contributed by atoms with Crippen molar-refractivity contribution in [3.63, 3.8) is 0 Å². The average Bonchev–Trinajstić information content (AvgIpc) is 2.52. The molecule has 0 bridgehead atoms. The Morgan fingerprint density at radius 3 is 2.71 bits per heavy atom. The van der Waals surface area contributed by atoms with E-state index in [1.54, 1.807) is 18.5 Å². The lowest BCUT2D eigenvalue weighted by molar-refractivity contribution is -0.144. The van der Waals surface area contributed by atoms with Gasteiger partial charge in [-0.3, -0.25) is 14.6 Å². The number of thioether (sulfide) groups is 1. The van der Waals surface area contributed by atoms with E-state index in [0.717, 1.165) is 17.5 Å². The van der Waals surface area contributed by atoms with Crippen molar-refractivity contribution in [1.29, 1.82) is 0 Å². The molecule has 0 aliphatic carbocycles. The Morgan fingerprint density at radius 1 is 1.14 bits per heavy atom. The third-order valence-corrected chi connectivity index (χ3v) is 3.15. The first-order valence-electron chi connectivity index (χ1n) is 6.17. The number of carbonyl (C=O) groups excluding carboxylic acids is 2. The van der Waals surface area contributed by atoms with Crippen LogP contribution in [0.5, 0.6) is 0 Å². The second-order valence-corrected chi connectivity index (χ2v) is 5.03. The summed E-state index contributed by atoms with van der Waals surface area (Å²) in [4.78, 5) is 34.7. The van der Waals surface area contributed by atoms with E-state index in [4.69, 9.17) is 4.74 Å². The number of rotatable bonds is 6. The van der Waals surface area contributed by atoms with Crippen LogP contribution in [0, 0.1) is 0 Å². The van der Waals surface area contributed by atoms with Crippen molar-refractivity contribution in [3.05, 3.63) is 36.7 Å². The highest BCUT2D eigenvalue weighted by Crippen LogP contribution is 2.18. The third kappa shape index (κ3) is 4.96. The van der Waals surface area contributed by atoms with Gasteiger partial charge in [-0.25, -0.2) is 9.97 Å². The fourth-order valence-electron chi connectivity index (χ4n) is 1.41. The van der Waals surface area contributed by atoms with Gasteiger partial charge in [-0.2, -0.15) is 0 Å². The molecule has 108 valence electrons. The molecule has 0 amide bonds. The van der Waals surface area contributed by atoms with Crippen LogP contribution in [0.2, 0.25) is 0 Å². The van der Waals surface area contributed by atoms with Crippen LogP contribution in [-0.4, -0.2) is 39.1 Å². The molecule has 0 atom stereocenters. The largest absolute Gasteiger partial charge is 0.457 e. The van der Waals surface area contributed by atoms with Crippen LogP contribution in [0.3, 0.4) is 0 Å². The highest BCUT2D eigenvalue weighted by Gasteiger charge is 2.08. The van der Waals surface area contributed by atoms with Crippen LogP contribution in [0.1, 0.15) is 6.92 Å². The van der Waals surface area contributed by atoms with Gasteiger partial charge in [0, 0.05) is 12.4 Å². The summed E-state index contributed by atoms with van der Waals surface area (Å²) in [6.07, 6.45) is 3.30. The van der Waals surface area contributed by atoms with Gasteiger partial charge in [0.1, 0.15) is 6.61 Å². The number of ketones is 1. The van der Waals surface area contributed by atoms with Gasteiger partial charge in [0.05, 0.1) is 17.1 Å². The minimum atomic E-state index is -0.470. The fourth-order valence-corrected chi connectivity index (χ4v) is 2.04. The highest BCUT2D eigenvalue weighted by molar-refractivity contribution is 7.99. The number of pyridine rings is 1. The molecule has 0 saturated heterocycles. The summed E-state index contributed by atoms with van der Waals surface area (Å²) >= 11 is 1.15. The summed E-state index contributed by atoms with van der Waals surface area (Å²) in [5.74, 6) is -0.609. The first kappa shape index (κ1) is 15.1. The molecule has 2 rings (SSSR count). The summed E-state index contributed by atoms with van der Waals surface area (Å²) in [6, 6.07) is 7.29. The van der Waals surface area contributed by atoms with E-state index in [-0.39, 0.29) is 18.1 Å². The van der Waals surface area contributed by atoms with Crippen LogP contribution in [-0.2, 0) is 14.3 Å². The van der Waals surface area contributed by atoms with Crippen molar-refractivity contribution in [3.8, 4) is 11.4 Å².